The summed E-state index contributed by atoms with van der Waals surface area (Å²) in [5.41, 5.74) is 5.53. The average molecular weight is 261 g/mol. The van der Waals surface area contributed by atoms with E-state index in [2.05, 4.69) is 9.88 Å². The van der Waals surface area contributed by atoms with Crippen molar-refractivity contribution in [2.75, 3.05) is 6.54 Å². The molecule has 0 fully saturated rings. The lowest BCUT2D eigenvalue weighted by Crippen LogP contribution is -2.33. The first-order valence-electron chi connectivity index (χ1n) is 4.59. The van der Waals surface area contributed by atoms with Crippen LogP contribution in [0.2, 0.25) is 0 Å². The molecule has 0 radical (unpaired) electrons. The first-order valence-corrected chi connectivity index (χ1v) is 6.07. The van der Waals surface area contributed by atoms with Crippen LogP contribution in [0.5, 0.6) is 0 Å². The zero-order valence-electron chi connectivity index (χ0n) is 9.01. The van der Waals surface area contributed by atoms with Crippen molar-refractivity contribution in [3.8, 4) is 0 Å². The van der Waals surface area contributed by atoms with Crippen LogP contribution in [0.1, 0.15) is 5.56 Å². The van der Waals surface area contributed by atoms with E-state index >= 15 is 0 Å². The maximum absolute atomic E-state index is 13.0. The molecular weight excluding hydrogens is 249 g/mol. The summed E-state index contributed by atoms with van der Waals surface area (Å²) in [6.07, 6.45) is 0. The minimum absolute atomic E-state index is 0.178. The molecule has 6 nitrogen and oxygen atoms in total. The molecule has 0 saturated heterocycles. The van der Waals surface area contributed by atoms with E-state index < -0.39 is 15.8 Å². The Kier molecular flexibility index (Phi) is 4.02. The largest absolute Gasteiger partial charge is 0.409 e. The molecule has 94 valence electrons. The predicted octanol–water partition coefficient (Wildman–Crippen LogP) is 0.159. The van der Waals surface area contributed by atoms with Crippen LogP contribution in [0.4, 0.5) is 4.39 Å². The minimum Gasteiger partial charge on any atom is -0.409 e. The highest BCUT2D eigenvalue weighted by Crippen LogP contribution is 2.15. The number of benzene rings is 1. The first kappa shape index (κ1) is 13.4. The van der Waals surface area contributed by atoms with E-state index in [0.717, 1.165) is 12.1 Å². The quantitative estimate of drug-likeness (QED) is 0.311. The van der Waals surface area contributed by atoms with Gasteiger partial charge in [0.1, 0.15) is 5.82 Å². The lowest BCUT2D eigenvalue weighted by Gasteiger charge is -2.08. The lowest BCUT2D eigenvalue weighted by atomic mass is 10.2. The highest BCUT2D eigenvalue weighted by Gasteiger charge is 2.17. The van der Waals surface area contributed by atoms with Crippen molar-refractivity contribution in [2.45, 2.75) is 11.8 Å². The lowest BCUT2D eigenvalue weighted by molar-refractivity contribution is 0.317. The fourth-order valence-electron chi connectivity index (χ4n) is 1.15. The number of oxime groups is 1. The van der Waals surface area contributed by atoms with Gasteiger partial charge in [-0.1, -0.05) is 11.2 Å². The molecule has 0 saturated carbocycles. The molecule has 0 aliphatic rings. The molecule has 0 aromatic heterocycles. The molecule has 0 amide bonds. The van der Waals surface area contributed by atoms with E-state index in [1.54, 1.807) is 0 Å². The molecule has 0 aliphatic heterocycles. The van der Waals surface area contributed by atoms with Crippen LogP contribution in [0.3, 0.4) is 0 Å². The third-order valence-electron chi connectivity index (χ3n) is 2.01. The Bertz CT molecular complexity index is 542. The number of sulfonamides is 1. The zero-order chi connectivity index (χ0) is 13.1. The first-order chi connectivity index (χ1) is 7.86. The monoisotopic (exact) mass is 261 g/mol. The van der Waals surface area contributed by atoms with E-state index in [4.69, 9.17) is 10.9 Å². The van der Waals surface area contributed by atoms with Gasteiger partial charge in [0.05, 0.1) is 11.4 Å². The number of nitrogens with one attached hydrogen (secondary N) is 1. The Morgan fingerprint density at radius 1 is 1.59 bits per heavy atom. The second-order valence-electron chi connectivity index (χ2n) is 3.33. The minimum atomic E-state index is -3.88. The van der Waals surface area contributed by atoms with Crippen molar-refractivity contribution in [2.24, 2.45) is 10.9 Å². The van der Waals surface area contributed by atoms with Crippen LogP contribution in [0.15, 0.2) is 28.3 Å². The van der Waals surface area contributed by atoms with Gasteiger partial charge in [-0.25, -0.2) is 17.5 Å². The molecule has 0 unspecified atom stereocenters. The maximum Gasteiger partial charge on any atom is 0.241 e. The third-order valence-corrected chi connectivity index (χ3v) is 3.55. The SMILES string of the molecule is Cc1ccc(F)cc1S(=O)(=O)NC/C(N)=N/O. The van der Waals surface area contributed by atoms with E-state index in [1.807, 2.05) is 0 Å². The van der Waals surface area contributed by atoms with E-state index in [9.17, 15) is 12.8 Å². The summed E-state index contributed by atoms with van der Waals surface area (Å²) in [4.78, 5) is -0.178. The van der Waals surface area contributed by atoms with E-state index in [1.165, 1.54) is 13.0 Å². The number of amidine groups is 1. The maximum atomic E-state index is 13.0. The summed E-state index contributed by atoms with van der Waals surface area (Å²) in [7, 11) is -3.88. The molecular formula is C9H12FN3O3S. The van der Waals surface area contributed by atoms with Crippen LogP contribution in [-0.2, 0) is 10.0 Å². The molecule has 1 aromatic rings. The Labute approximate surface area is 98.0 Å². The fourth-order valence-corrected chi connectivity index (χ4v) is 2.40. The highest BCUT2D eigenvalue weighted by molar-refractivity contribution is 7.89. The average Bonchev–Trinajstić information content (AvgIpc) is 2.29. The predicted molar refractivity (Wildman–Crippen MR) is 59.7 cm³/mol. The van der Waals surface area contributed by atoms with Crippen LogP contribution in [0, 0.1) is 12.7 Å². The van der Waals surface area contributed by atoms with Crippen LogP contribution >= 0.6 is 0 Å². The van der Waals surface area contributed by atoms with Crippen LogP contribution < -0.4 is 10.5 Å². The molecule has 1 rings (SSSR count). The van der Waals surface area contributed by atoms with Gasteiger partial charge in [0, 0.05) is 0 Å². The third kappa shape index (κ3) is 3.40. The van der Waals surface area contributed by atoms with E-state index in [-0.39, 0.29) is 17.3 Å². The second kappa shape index (κ2) is 5.11. The van der Waals surface area contributed by atoms with Crippen LogP contribution in [-0.4, -0.2) is 26.0 Å². The molecule has 0 aliphatic carbocycles. The number of hydrogen-bond acceptors (Lipinski definition) is 4. The van der Waals surface area contributed by atoms with Crippen molar-refractivity contribution >= 4 is 15.9 Å². The number of halogens is 1. The number of rotatable bonds is 4. The topological polar surface area (TPSA) is 105 Å². The van der Waals surface area contributed by atoms with Gasteiger partial charge in [-0.2, -0.15) is 0 Å². The summed E-state index contributed by atoms with van der Waals surface area (Å²) in [6, 6.07) is 3.43. The number of nitrogens with two attached hydrogens (primary N) is 1. The van der Waals surface area contributed by atoms with Gasteiger partial charge < -0.3 is 10.9 Å². The van der Waals surface area contributed by atoms with Gasteiger partial charge >= 0.3 is 0 Å². The number of aryl methyl sites for hydroxylation is 1. The zero-order valence-corrected chi connectivity index (χ0v) is 9.83. The van der Waals surface area contributed by atoms with Crippen molar-refractivity contribution in [1.82, 2.24) is 4.72 Å². The van der Waals surface area contributed by atoms with E-state index in [0.29, 0.717) is 5.56 Å². The molecule has 0 spiro atoms. The standard InChI is InChI=1S/C9H12FN3O3S/c1-6-2-3-7(10)4-8(6)17(15,16)12-5-9(11)13-14/h2-4,12,14H,5H2,1H3,(H2,11,13). The Hall–Kier alpha value is -1.67. The molecule has 17 heavy (non-hydrogen) atoms. The Balaban J connectivity index is 3.01. The Morgan fingerprint density at radius 2 is 2.24 bits per heavy atom. The fraction of sp³-hybridized carbons (Fsp3) is 0.222. The molecule has 0 heterocycles. The van der Waals surface area contributed by atoms with Crippen molar-refractivity contribution < 1.29 is 18.0 Å². The normalized spacial score (nSPS) is 12.7. The molecule has 1 aromatic carbocycles. The van der Waals surface area contributed by atoms with Gasteiger partial charge in [0.25, 0.3) is 0 Å². The number of hydrogen-bond donors (Lipinski definition) is 3. The molecule has 8 heteroatoms. The van der Waals surface area contributed by atoms with Crippen LogP contribution in [0.25, 0.3) is 0 Å². The summed E-state index contributed by atoms with van der Waals surface area (Å²) in [5.74, 6) is -0.942. The van der Waals surface area contributed by atoms with Gasteiger partial charge in [-0.3, -0.25) is 0 Å². The second-order valence-corrected chi connectivity index (χ2v) is 5.06. The van der Waals surface area contributed by atoms with Gasteiger partial charge in [0.2, 0.25) is 10.0 Å². The summed E-state index contributed by atoms with van der Waals surface area (Å²) >= 11 is 0. The molecule has 0 atom stereocenters. The van der Waals surface area contributed by atoms with Crippen molar-refractivity contribution in [3.05, 3.63) is 29.6 Å². The summed E-state index contributed by atoms with van der Waals surface area (Å²) < 4.78 is 38.6. The Morgan fingerprint density at radius 3 is 2.82 bits per heavy atom. The van der Waals surface area contributed by atoms with Crippen molar-refractivity contribution in [3.63, 3.8) is 0 Å². The highest BCUT2D eigenvalue weighted by atomic mass is 32.2. The van der Waals surface area contributed by atoms with Crippen molar-refractivity contribution in [1.29, 1.82) is 0 Å². The number of nitrogens with zero attached hydrogens (tertiary/aromatic N) is 1. The van der Waals surface area contributed by atoms with Gasteiger partial charge in [0.15, 0.2) is 5.84 Å². The molecule has 0 bridgehead atoms. The van der Waals surface area contributed by atoms with Gasteiger partial charge in [-0.05, 0) is 24.6 Å². The summed E-state index contributed by atoms with van der Waals surface area (Å²) in [5, 5.41) is 10.9. The molecule has 4 N–H and O–H groups in total. The van der Waals surface area contributed by atoms with Gasteiger partial charge in [-0.15, -0.1) is 0 Å². The summed E-state index contributed by atoms with van der Waals surface area (Å²) in [6.45, 7) is 1.19. The smallest absolute Gasteiger partial charge is 0.241 e.